The average molecular weight is 549 g/mol. The molecule has 39 heavy (non-hydrogen) atoms. The molecule has 13 heteroatoms. The zero-order valence-electron chi connectivity index (χ0n) is 21.8. The van der Waals surface area contributed by atoms with Crippen molar-refractivity contribution >= 4 is 34.4 Å². The van der Waals surface area contributed by atoms with Crippen LogP contribution in [0, 0.1) is 17.3 Å². The number of halogens is 3. The number of aromatic nitrogens is 2. The Bertz CT molecular complexity index is 1290. The monoisotopic (exact) mass is 548 g/mol. The van der Waals surface area contributed by atoms with Gasteiger partial charge in [0.2, 0.25) is 17.7 Å². The van der Waals surface area contributed by atoms with E-state index in [2.05, 4.69) is 15.5 Å². The summed E-state index contributed by atoms with van der Waals surface area (Å²) in [6.45, 7) is 4.73. The number of alkyl halides is 3. The second-order valence-electron chi connectivity index (χ2n) is 11.2. The predicted molar refractivity (Wildman–Crippen MR) is 133 cm³/mol. The van der Waals surface area contributed by atoms with Gasteiger partial charge in [0.1, 0.15) is 17.8 Å². The van der Waals surface area contributed by atoms with E-state index in [-0.39, 0.29) is 24.1 Å². The fourth-order valence-electron chi connectivity index (χ4n) is 5.66. The highest BCUT2D eigenvalue weighted by Crippen LogP contribution is 2.43. The first kappa shape index (κ1) is 28.2. The molecule has 0 bridgehead atoms. The lowest BCUT2D eigenvalue weighted by molar-refractivity contribution is -0.176. The fraction of sp³-hybridized carbons (Fsp3) is 0.538. The fourth-order valence-corrected chi connectivity index (χ4v) is 5.66. The van der Waals surface area contributed by atoms with Crippen LogP contribution in [0.3, 0.4) is 0 Å². The summed E-state index contributed by atoms with van der Waals surface area (Å²) in [5.41, 5.74) is 4.70. The SMILES string of the molecule is CC(C)(C)[C@H](NC(=O)C(F)(F)F)C(=O)N1C[C@@H]2CCC[C@@H]2[C@H]1C(=O)NC(C(N)=O)c1nncc2ccccc12. The van der Waals surface area contributed by atoms with Gasteiger partial charge in [-0.25, -0.2) is 0 Å². The van der Waals surface area contributed by atoms with Gasteiger partial charge in [-0.1, -0.05) is 51.5 Å². The molecule has 1 aromatic carbocycles. The molecule has 2 aromatic rings. The zero-order chi connectivity index (χ0) is 28.7. The molecule has 1 aliphatic carbocycles. The first-order chi connectivity index (χ1) is 18.2. The number of likely N-dealkylation sites (tertiary alicyclic amines) is 1. The molecule has 2 aliphatic rings. The van der Waals surface area contributed by atoms with Crippen molar-refractivity contribution in [3.63, 3.8) is 0 Å². The molecule has 210 valence electrons. The third-order valence-corrected chi connectivity index (χ3v) is 7.53. The minimum atomic E-state index is -5.18. The van der Waals surface area contributed by atoms with E-state index >= 15 is 0 Å². The van der Waals surface area contributed by atoms with Gasteiger partial charge in [0, 0.05) is 17.3 Å². The summed E-state index contributed by atoms with van der Waals surface area (Å²) in [5.74, 6) is -4.91. The molecule has 0 radical (unpaired) electrons. The number of nitrogens with one attached hydrogen (secondary N) is 2. The Morgan fingerprint density at radius 2 is 1.77 bits per heavy atom. The number of carbonyl (C=O) groups excluding carboxylic acids is 4. The van der Waals surface area contributed by atoms with Gasteiger partial charge in [0.15, 0.2) is 6.04 Å². The molecule has 4 rings (SSSR count). The Balaban J connectivity index is 1.66. The molecule has 1 aromatic heterocycles. The maximum atomic E-state index is 13.8. The zero-order valence-corrected chi connectivity index (χ0v) is 21.8. The van der Waals surface area contributed by atoms with Crippen molar-refractivity contribution < 1.29 is 32.3 Å². The van der Waals surface area contributed by atoms with Crippen molar-refractivity contribution in [2.75, 3.05) is 6.54 Å². The van der Waals surface area contributed by atoms with Crippen LogP contribution in [0.25, 0.3) is 10.8 Å². The van der Waals surface area contributed by atoms with Crippen molar-refractivity contribution in [2.45, 2.75) is 64.3 Å². The molecule has 0 spiro atoms. The highest BCUT2D eigenvalue weighted by molar-refractivity contribution is 5.97. The highest BCUT2D eigenvalue weighted by Gasteiger charge is 2.53. The first-order valence-corrected chi connectivity index (χ1v) is 12.7. The molecule has 1 saturated carbocycles. The Morgan fingerprint density at radius 3 is 2.41 bits per heavy atom. The first-order valence-electron chi connectivity index (χ1n) is 12.7. The summed E-state index contributed by atoms with van der Waals surface area (Å²) >= 11 is 0. The summed E-state index contributed by atoms with van der Waals surface area (Å²) in [7, 11) is 0. The maximum absolute atomic E-state index is 13.8. The summed E-state index contributed by atoms with van der Waals surface area (Å²) in [6.07, 6.45) is -1.50. The molecule has 2 heterocycles. The van der Waals surface area contributed by atoms with Gasteiger partial charge in [-0.2, -0.15) is 23.4 Å². The lowest BCUT2D eigenvalue weighted by Crippen LogP contribution is -2.60. The van der Waals surface area contributed by atoms with Crippen molar-refractivity contribution in [3.05, 3.63) is 36.2 Å². The normalized spacial score (nSPS) is 22.7. The Labute approximate surface area is 222 Å². The third-order valence-electron chi connectivity index (χ3n) is 7.53. The van der Waals surface area contributed by atoms with Gasteiger partial charge >= 0.3 is 12.1 Å². The van der Waals surface area contributed by atoms with Crippen LogP contribution < -0.4 is 16.4 Å². The predicted octanol–water partition coefficient (Wildman–Crippen LogP) is 1.99. The number of fused-ring (bicyclic) bond motifs is 2. The van der Waals surface area contributed by atoms with Gasteiger partial charge in [0.05, 0.1) is 6.20 Å². The van der Waals surface area contributed by atoms with Crippen molar-refractivity contribution in [1.82, 2.24) is 25.7 Å². The van der Waals surface area contributed by atoms with Crippen molar-refractivity contribution in [2.24, 2.45) is 23.0 Å². The summed E-state index contributed by atoms with van der Waals surface area (Å²) in [4.78, 5) is 53.0. The van der Waals surface area contributed by atoms with E-state index in [0.29, 0.717) is 17.2 Å². The number of nitrogens with zero attached hydrogens (tertiary/aromatic N) is 3. The smallest absolute Gasteiger partial charge is 0.368 e. The minimum absolute atomic E-state index is 0.0481. The van der Waals surface area contributed by atoms with Gasteiger partial charge in [-0.15, -0.1) is 0 Å². The summed E-state index contributed by atoms with van der Waals surface area (Å²) < 4.78 is 39.2. The van der Waals surface area contributed by atoms with Gasteiger partial charge < -0.3 is 21.3 Å². The number of carbonyl (C=O) groups is 4. The molecule has 4 amide bonds. The molecule has 10 nitrogen and oxygen atoms in total. The topological polar surface area (TPSA) is 147 Å². The third kappa shape index (κ3) is 5.66. The van der Waals surface area contributed by atoms with E-state index in [1.54, 1.807) is 24.3 Å². The Morgan fingerprint density at radius 1 is 1.08 bits per heavy atom. The van der Waals surface area contributed by atoms with Crippen LogP contribution in [0.2, 0.25) is 0 Å². The Kier molecular flexibility index (Phi) is 7.55. The summed E-state index contributed by atoms with van der Waals surface area (Å²) in [6, 6.07) is 3.00. The molecule has 1 aliphatic heterocycles. The van der Waals surface area contributed by atoms with E-state index in [4.69, 9.17) is 5.73 Å². The largest absolute Gasteiger partial charge is 0.471 e. The number of hydrogen-bond acceptors (Lipinski definition) is 6. The van der Waals surface area contributed by atoms with E-state index < -0.39 is 53.3 Å². The second kappa shape index (κ2) is 10.4. The molecule has 4 N–H and O–H groups in total. The number of benzene rings is 1. The van der Waals surface area contributed by atoms with Crippen LogP contribution in [0.15, 0.2) is 30.5 Å². The second-order valence-corrected chi connectivity index (χ2v) is 11.2. The molecular formula is C26H31F3N6O4. The number of nitrogens with two attached hydrogens (primary N) is 1. The lowest BCUT2D eigenvalue weighted by Gasteiger charge is -2.36. The van der Waals surface area contributed by atoms with E-state index in [9.17, 15) is 32.3 Å². The van der Waals surface area contributed by atoms with E-state index in [1.165, 1.54) is 31.9 Å². The van der Waals surface area contributed by atoms with Crippen LogP contribution in [0.1, 0.15) is 51.8 Å². The maximum Gasteiger partial charge on any atom is 0.471 e. The lowest BCUT2D eigenvalue weighted by atomic mass is 9.85. The van der Waals surface area contributed by atoms with Crippen molar-refractivity contribution in [3.8, 4) is 0 Å². The number of primary amides is 1. The molecule has 2 fully saturated rings. The molecule has 5 atom stereocenters. The van der Waals surface area contributed by atoms with E-state index in [1.807, 2.05) is 5.32 Å². The van der Waals surface area contributed by atoms with Crippen molar-refractivity contribution in [1.29, 1.82) is 0 Å². The molecular weight excluding hydrogens is 517 g/mol. The van der Waals surface area contributed by atoms with Crippen LogP contribution in [-0.4, -0.2) is 63.5 Å². The highest BCUT2D eigenvalue weighted by atomic mass is 19.4. The van der Waals surface area contributed by atoms with Crippen LogP contribution in [0.4, 0.5) is 13.2 Å². The minimum Gasteiger partial charge on any atom is -0.368 e. The number of hydrogen-bond donors (Lipinski definition) is 3. The van der Waals surface area contributed by atoms with Gasteiger partial charge in [-0.05, 0) is 30.1 Å². The number of rotatable bonds is 6. The van der Waals surface area contributed by atoms with Gasteiger partial charge in [-0.3, -0.25) is 19.2 Å². The van der Waals surface area contributed by atoms with E-state index in [0.717, 1.165) is 12.8 Å². The van der Waals surface area contributed by atoms with Crippen LogP contribution >= 0.6 is 0 Å². The van der Waals surface area contributed by atoms with Crippen LogP contribution in [0.5, 0.6) is 0 Å². The number of amides is 4. The molecule has 1 saturated heterocycles. The Hall–Kier alpha value is -3.77. The average Bonchev–Trinajstić information content (AvgIpc) is 3.45. The molecule has 1 unspecified atom stereocenters. The summed E-state index contributed by atoms with van der Waals surface area (Å²) in [5, 5.41) is 13.6. The standard InChI is InChI=1S/C26H31F3N6O4/c1-25(2,3)20(33-24(39)26(27,28)29)23(38)35-12-14-8-6-10-16(14)19(35)22(37)32-18(21(30)36)17-15-9-5-4-7-13(15)11-31-34-17/h4-5,7,9,11,14,16,18-20H,6,8,10,12H2,1-3H3,(H2,30,36)(H,32,37)(H,33,39)/t14-,16-,18?,19-,20+/m0/s1. The van der Waals surface area contributed by atoms with Crippen LogP contribution in [-0.2, 0) is 19.2 Å². The van der Waals surface area contributed by atoms with Gasteiger partial charge in [0.25, 0.3) is 0 Å². The quantitative estimate of drug-likeness (QED) is 0.503.